The molecule has 0 heterocycles. The van der Waals surface area contributed by atoms with Crippen molar-refractivity contribution in [3.05, 3.63) is 83.4 Å². The number of anilines is 2. The van der Waals surface area contributed by atoms with Crippen molar-refractivity contribution in [1.82, 2.24) is 0 Å². The molecule has 0 aliphatic heterocycles. The monoisotopic (exact) mass is 408 g/mol. The average molecular weight is 409 g/mol. The number of rotatable bonds is 8. The Kier molecular flexibility index (Phi) is 7.14. The summed E-state index contributed by atoms with van der Waals surface area (Å²) in [6.07, 6.45) is 1.35. The normalized spacial score (nSPS) is 11.6. The van der Waals surface area contributed by atoms with E-state index in [1.165, 1.54) is 0 Å². The van der Waals surface area contributed by atoms with Crippen LogP contribution in [0.1, 0.15) is 38.3 Å². The smallest absolute Gasteiger partial charge is 0.224 e. The minimum absolute atomic E-state index is 0.0213. The molecule has 1 atom stereocenters. The van der Waals surface area contributed by atoms with Crippen LogP contribution in [0.25, 0.3) is 0 Å². The molecule has 0 saturated carbocycles. The van der Waals surface area contributed by atoms with Crippen molar-refractivity contribution in [2.24, 2.45) is 0 Å². The fraction of sp³-hybridized carbons (Fsp3) is 0.208. The minimum Gasteiger partial charge on any atom is -0.455 e. The van der Waals surface area contributed by atoms with E-state index in [1.54, 1.807) is 12.1 Å². The number of benzene rings is 3. The van der Waals surface area contributed by atoms with Crippen LogP contribution in [-0.2, 0) is 4.79 Å². The van der Waals surface area contributed by atoms with Gasteiger partial charge in [0.1, 0.15) is 5.75 Å². The Hall–Kier alpha value is -2.98. The van der Waals surface area contributed by atoms with Gasteiger partial charge in [-0.1, -0.05) is 42.8 Å². The molecule has 3 aromatic carbocycles. The lowest BCUT2D eigenvalue weighted by molar-refractivity contribution is -0.116. The summed E-state index contributed by atoms with van der Waals surface area (Å²) < 4.78 is 6.03. The highest BCUT2D eigenvalue weighted by Crippen LogP contribution is 2.32. The van der Waals surface area contributed by atoms with Gasteiger partial charge in [0.05, 0.1) is 5.69 Å². The lowest BCUT2D eigenvalue weighted by Gasteiger charge is -2.19. The summed E-state index contributed by atoms with van der Waals surface area (Å²) in [6.45, 7) is 4.07. The second kappa shape index (κ2) is 9.99. The summed E-state index contributed by atoms with van der Waals surface area (Å²) in [5, 5.41) is 7.12. The fourth-order valence-corrected chi connectivity index (χ4v) is 3.08. The maximum atomic E-state index is 11.9. The predicted octanol–water partition coefficient (Wildman–Crippen LogP) is 7.04. The number of amides is 1. The molecule has 0 saturated heterocycles. The van der Waals surface area contributed by atoms with Crippen molar-refractivity contribution in [3.63, 3.8) is 0 Å². The van der Waals surface area contributed by atoms with E-state index in [0.717, 1.165) is 34.9 Å². The first kappa shape index (κ1) is 20.7. The highest BCUT2D eigenvalue weighted by molar-refractivity contribution is 6.30. The van der Waals surface area contributed by atoms with Gasteiger partial charge >= 0.3 is 0 Å². The van der Waals surface area contributed by atoms with Crippen molar-refractivity contribution >= 4 is 28.9 Å². The molecule has 0 aromatic heterocycles. The van der Waals surface area contributed by atoms with Crippen LogP contribution in [0.5, 0.6) is 11.5 Å². The number of halogens is 1. The van der Waals surface area contributed by atoms with E-state index in [9.17, 15) is 4.79 Å². The number of nitrogens with one attached hydrogen (secondary N) is 2. The standard InChI is InChI=1S/C24H25ClN2O2/c1-3-7-24(28)27-20-9-6-8-18(16-20)17(2)26-22-10-4-5-11-23(22)29-21-14-12-19(25)13-15-21/h4-6,8-17,26H,3,7H2,1-2H3,(H,27,28). The third kappa shape index (κ3) is 6.00. The van der Waals surface area contributed by atoms with Gasteiger partial charge in [0.2, 0.25) is 5.91 Å². The van der Waals surface area contributed by atoms with Crippen LogP contribution in [0.4, 0.5) is 11.4 Å². The van der Waals surface area contributed by atoms with E-state index < -0.39 is 0 Å². The molecule has 0 radical (unpaired) electrons. The molecule has 1 amide bonds. The van der Waals surface area contributed by atoms with E-state index in [4.69, 9.17) is 16.3 Å². The van der Waals surface area contributed by atoms with E-state index >= 15 is 0 Å². The lowest BCUT2D eigenvalue weighted by Crippen LogP contribution is -2.12. The van der Waals surface area contributed by atoms with Crippen LogP contribution in [0.3, 0.4) is 0 Å². The largest absolute Gasteiger partial charge is 0.455 e. The Morgan fingerprint density at radius 3 is 2.55 bits per heavy atom. The van der Waals surface area contributed by atoms with Gasteiger partial charge in [-0.05, 0) is 67.4 Å². The molecular weight excluding hydrogens is 384 g/mol. The van der Waals surface area contributed by atoms with Crippen LogP contribution < -0.4 is 15.4 Å². The molecule has 4 nitrogen and oxygen atoms in total. The number of carbonyl (C=O) groups excluding carboxylic acids is 1. The molecule has 3 rings (SSSR count). The number of ether oxygens (including phenoxy) is 1. The van der Waals surface area contributed by atoms with E-state index in [0.29, 0.717) is 11.4 Å². The molecule has 3 aromatic rings. The zero-order valence-electron chi connectivity index (χ0n) is 16.6. The summed E-state index contributed by atoms with van der Waals surface area (Å²) in [4.78, 5) is 11.9. The van der Waals surface area contributed by atoms with Crippen LogP contribution in [-0.4, -0.2) is 5.91 Å². The molecule has 1 unspecified atom stereocenters. The summed E-state index contributed by atoms with van der Waals surface area (Å²) in [5.74, 6) is 1.48. The van der Waals surface area contributed by atoms with E-state index in [1.807, 2.05) is 67.6 Å². The van der Waals surface area contributed by atoms with E-state index in [2.05, 4.69) is 17.6 Å². The van der Waals surface area contributed by atoms with Crippen LogP contribution >= 0.6 is 11.6 Å². The van der Waals surface area contributed by atoms with E-state index in [-0.39, 0.29) is 11.9 Å². The second-order valence-electron chi connectivity index (χ2n) is 6.84. The first-order chi connectivity index (χ1) is 14.0. The third-order valence-corrected chi connectivity index (χ3v) is 4.70. The molecular formula is C24H25ClN2O2. The fourth-order valence-electron chi connectivity index (χ4n) is 2.96. The summed E-state index contributed by atoms with van der Waals surface area (Å²) in [6, 6.07) is 23.0. The molecule has 2 N–H and O–H groups in total. The van der Waals surface area contributed by atoms with Crippen molar-refractivity contribution in [3.8, 4) is 11.5 Å². The van der Waals surface area contributed by atoms with Gasteiger partial charge in [0, 0.05) is 23.2 Å². The van der Waals surface area contributed by atoms with Gasteiger partial charge < -0.3 is 15.4 Å². The lowest BCUT2D eigenvalue weighted by atomic mass is 10.1. The number of hydrogen-bond acceptors (Lipinski definition) is 3. The van der Waals surface area contributed by atoms with Crippen LogP contribution in [0, 0.1) is 0 Å². The highest BCUT2D eigenvalue weighted by atomic mass is 35.5. The Labute approximate surface area is 176 Å². The van der Waals surface area contributed by atoms with Gasteiger partial charge in [-0.15, -0.1) is 0 Å². The Balaban J connectivity index is 1.73. The zero-order valence-corrected chi connectivity index (χ0v) is 17.4. The number of carbonyl (C=O) groups is 1. The summed E-state index contributed by atoms with van der Waals surface area (Å²) >= 11 is 5.95. The molecule has 0 aliphatic rings. The Morgan fingerprint density at radius 2 is 1.79 bits per heavy atom. The molecule has 0 fully saturated rings. The quantitative estimate of drug-likeness (QED) is 0.420. The van der Waals surface area contributed by atoms with Crippen molar-refractivity contribution < 1.29 is 9.53 Å². The second-order valence-corrected chi connectivity index (χ2v) is 7.28. The average Bonchev–Trinajstić information content (AvgIpc) is 2.71. The summed E-state index contributed by atoms with van der Waals surface area (Å²) in [5.41, 5.74) is 2.76. The van der Waals surface area contributed by atoms with Crippen molar-refractivity contribution in [2.75, 3.05) is 10.6 Å². The molecule has 0 aliphatic carbocycles. The van der Waals surface area contributed by atoms with Gasteiger partial charge in [-0.3, -0.25) is 4.79 Å². The van der Waals surface area contributed by atoms with Gasteiger partial charge in [-0.25, -0.2) is 0 Å². The first-order valence-electron chi connectivity index (χ1n) is 9.74. The Bertz CT molecular complexity index is 957. The van der Waals surface area contributed by atoms with Gasteiger partial charge in [0.25, 0.3) is 0 Å². The predicted molar refractivity (Wildman–Crippen MR) is 120 cm³/mol. The zero-order chi connectivity index (χ0) is 20.6. The molecule has 5 heteroatoms. The van der Waals surface area contributed by atoms with Crippen LogP contribution in [0.15, 0.2) is 72.8 Å². The van der Waals surface area contributed by atoms with Crippen LogP contribution in [0.2, 0.25) is 5.02 Å². The molecule has 150 valence electrons. The third-order valence-electron chi connectivity index (χ3n) is 4.45. The number of hydrogen-bond donors (Lipinski definition) is 2. The summed E-state index contributed by atoms with van der Waals surface area (Å²) in [7, 11) is 0. The van der Waals surface area contributed by atoms with Gasteiger partial charge in [-0.2, -0.15) is 0 Å². The maximum Gasteiger partial charge on any atom is 0.224 e. The number of para-hydroxylation sites is 2. The SMILES string of the molecule is CCCC(=O)Nc1cccc(C(C)Nc2ccccc2Oc2ccc(Cl)cc2)c1. The first-order valence-corrected chi connectivity index (χ1v) is 10.1. The minimum atomic E-state index is 0.0213. The molecule has 0 spiro atoms. The topological polar surface area (TPSA) is 50.4 Å². The van der Waals surface area contributed by atoms with Gasteiger partial charge in [0.15, 0.2) is 5.75 Å². The Morgan fingerprint density at radius 1 is 1.03 bits per heavy atom. The molecule has 0 bridgehead atoms. The highest BCUT2D eigenvalue weighted by Gasteiger charge is 2.11. The molecule has 29 heavy (non-hydrogen) atoms. The maximum absolute atomic E-state index is 11.9. The van der Waals surface area contributed by atoms with Crippen molar-refractivity contribution in [1.29, 1.82) is 0 Å². The van der Waals surface area contributed by atoms with Crippen molar-refractivity contribution in [2.45, 2.75) is 32.7 Å².